The fourth-order valence-electron chi connectivity index (χ4n) is 6.00. The van der Waals surface area contributed by atoms with E-state index in [0.29, 0.717) is 54.4 Å². The molecule has 0 spiro atoms. The lowest BCUT2D eigenvalue weighted by molar-refractivity contribution is -0.137. The summed E-state index contributed by atoms with van der Waals surface area (Å²) in [5.41, 5.74) is 2.41. The molecule has 2 N–H and O–H groups in total. The average Bonchev–Trinajstić information content (AvgIpc) is 3.92. The summed E-state index contributed by atoms with van der Waals surface area (Å²) < 4.78 is 11.7. The molecule has 10 heteroatoms. The molecule has 0 bridgehead atoms. The first-order valence-electron chi connectivity index (χ1n) is 15.8. The van der Waals surface area contributed by atoms with Crippen molar-refractivity contribution in [1.29, 1.82) is 5.41 Å². The molecular formula is C35H43N5O5. The van der Waals surface area contributed by atoms with Gasteiger partial charge in [-0.3, -0.25) is 14.5 Å². The van der Waals surface area contributed by atoms with Gasteiger partial charge in [-0.15, -0.1) is 0 Å². The van der Waals surface area contributed by atoms with Gasteiger partial charge in [-0.05, 0) is 97.9 Å². The number of carboxylic acid groups (broad SMARTS) is 1. The molecule has 1 amide bonds. The number of pyridine rings is 2. The number of rotatable bonds is 15. The Bertz CT molecular complexity index is 1460. The topological polar surface area (TPSA) is 129 Å². The van der Waals surface area contributed by atoms with Gasteiger partial charge in [0.15, 0.2) is 0 Å². The van der Waals surface area contributed by atoms with E-state index >= 15 is 0 Å². The predicted molar refractivity (Wildman–Crippen MR) is 174 cm³/mol. The van der Waals surface area contributed by atoms with Gasteiger partial charge in [0.05, 0.1) is 31.4 Å². The molecule has 1 saturated carbocycles. The Hall–Kier alpha value is -4.47. The number of carboxylic acids is 1. The lowest BCUT2D eigenvalue weighted by atomic mass is 9.92. The van der Waals surface area contributed by atoms with Crippen LogP contribution in [-0.4, -0.2) is 66.5 Å². The van der Waals surface area contributed by atoms with Crippen molar-refractivity contribution in [1.82, 2.24) is 9.97 Å². The molecule has 5 rings (SSSR count). The van der Waals surface area contributed by atoms with E-state index < -0.39 is 5.97 Å². The number of benzene rings is 1. The van der Waals surface area contributed by atoms with Gasteiger partial charge in [0.2, 0.25) is 5.88 Å². The first kappa shape index (κ1) is 31.9. The van der Waals surface area contributed by atoms with Gasteiger partial charge < -0.3 is 24.9 Å². The quantitative estimate of drug-likeness (QED) is 0.198. The highest BCUT2D eigenvalue weighted by atomic mass is 16.5. The minimum atomic E-state index is -0.777. The molecule has 1 aliphatic carbocycles. The van der Waals surface area contributed by atoms with Crippen LogP contribution in [0.25, 0.3) is 0 Å². The Labute approximate surface area is 264 Å². The fraction of sp³-hybridized carbons (Fsp3) is 0.457. The number of carbonyl (C=O) groups is 2. The number of aromatic nitrogens is 2. The summed E-state index contributed by atoms with van der Waals surface area (Å²) in [4.78, 5) is 38.4. The lowest BCUT2D eigenvalue weighted by Gasteiger charge is -2.35. The summed E-state index contributed by atoms with van der Waals surface area (Å²) in [5.74, 6) is 1.70. The van der Waals surface area contributed by atoms with E-state index in [9.17, 15) is 14.7 Å². The number of methoxy groups -OCH3 is 1. The summed E-state index contributed by atoms with van der Waals surface area (Å²) in [6.45, 7) is 4.46. The number of piperidine rings is 1. The Morgan fingerprint density at radius 2 is 1.89 bits per heavy atom. The Morgan fingerprint density at radius 3 is 2.56 bits per heavy atom. The van der Waals surface area contributed by atoms with Crippen LogP contribution in [0.4, 0.5) is 11.5 Å². The fourth-order valence-corrected chi connectivity index (χ4v) is 6.00. The third kappa shape index (κ3) is 8.38. The first-order valence-corrected chi connectivity index (χ1v) is 15.8. The number of amides is 1. The van der Waals surface area contributed by atoms with Crippen LogP contribution < -0.4 is 19.3 Å². The van der Waals surface area contributed by atoms with E-state index in [-0.39, 0.29) is 24.2 Å². The van der Waals surface area contributed by atoms with Crippen LogP contribution in [0.15, 0.2) is 60.9 Å². The maximum Gasteiger partial charge on any atom is 0.303 e. The summed E-state index contributed by atoms with van der Waals surface area (Å²) >= 11 is 0. The number of carbonyl (C=O) groups excluding carboxylic acids is 1. The average molecular weight is 614 g/mol. The normalized spacial score (nSPS) is 16.4. The second-order valence-electron chi connectivity index (χ2n) is 12.2. The molecule has 45 heavy (non-hydrogen) atoms. The molecule has 2 fully saturated rings. The van der Waals surface area contributed by atoms with Gasteiger partial charge in [-0.1, -0.05) is 13.0 Å². The molecule has 2 atom stereocenters. The smallest absolute Gasteiger partial charge is 0.303 e. The van der Waals surface area contributed by atoms with Crippen molar-refractivity contribution >= 4 is 29.6 Å². The minimum Gasteiger partial charge on any atom is -0.497 e. The summed E-state index contributed by atoms with van der Waals surface area (Å²) in [6.07, 6.45) is 9.50. The largest absolute Gasteiger partial charge is 0.497 e. The van der Waals surface area contributed by atoms with E-state index in [2.05, 4.69) is 14.9 Å². The van der Waals surface area contributed by atoms with Crippen molar-refractivity contribution in [3.8, 4) is 11.6 Å². The number of nitrogens with zero attached hydrogens (tertiary/aromatic N) is 4. The van der Waals surface area contributed by atoms with Gasteiger partial charge >= 0.3 is 5.97 Å². The van der Waals surface area contributed by atoms with Crippen LogP contribution in [0, 0.1) is 23.2 Å². The summed E-state index contributed by atoms with van der Waals surface area (Å²) in [6, 6.07) is 14.9. The van der Waals surface area contributed by atoms with Crippen LogP contribution in [0.3, 0.4) is 0 Å². The van der Waals surface area contributed by atoms with Crippen molar-refractivity contribution in [2.45, 2.75) is 51.4 Å². The SMILES string of the molecule is COc1ccc(C(=O)N(CCC(C)C=N)c2ccccn2)c(N2CCC(COc3cc(C(CC(=O)O)C4CC4)ccn3)CC2)c1. The van der Waals surface area contributed by atoms with Crippen molar-refractivity contribution in [3.63, 3.8) is 0 Å². The predicted octanol–water partition coefficient (Wildman–Crippen LogP) is 6.07. The molecule has 2 aromatic heterocycles. The number of nitrogens with one attached hydrogen (secondary N) is 1. The number of anilines is 2. The standard InChI is InChI=1S/C35H43N5O5/c1-24(22-36)11-18-40(32-5-3-4-14-37-32)35(43)29-9-8-28(44-2)20-31(29)39-16-12-25(13-17-39)23-45-33-19-27(10-15-38-33)30(21-34(41)42)26-6-7-26/h3-5,8-10,14-15,19-20,22,24-26,30,36H,6-7,11-13,16-18,21,23H2,1-2H3,(H,41,42). The van der Waals surface area contributed by atoms with Crippen LogP contribution in [-0.2, 0) is 4.79 Å². The van der Waals surface area contributed by atoms with Gasteiger partial charge in [0.25, 0.3) is 5.91 Å². The van der Waals surface area contributed by atoms with E-state index in [4.69, 9.17) is 14.9 Å². The highest BCUT2D eigenvalue weighted by molar-refractivity contribution is 6.09. The van der Waals surface area contributed by atoms with Crippen molar-refractivity contribution in [2.24, 2.45) is 17.8 Å². The molecule has 238 valence electrons. The second-order valence-corrected chi connectivity index (χ2v) is 12.2. The molecule has 3 aromatic rings. The molecule has 1 saturated heterocycles. The van der Waals surface area contributed by atoms with Crippen LogP contribution in [0.1, 0.15) is 67.3 Å². The maximum absolute atomic E-state index is 14.1. The van der Waals surface area contributed by atoms with Crippen molar-refractivity contribution < 1.29 is 24.2 Å². The van der Waals surface area contributed by atoms with Gasteiger partial charge in [0.1, 0.15) is 11.6 Å². The minimum absolute atomic E-state index is 0.00357. The second kappa shape index (κ2) is 15.0. The van der Waals surface area contributed by atoms with Gasteiger partial charge in [-0.25, -0.2) is 9.97 Å². The number of hydrogen-bond acceptors (Lipinski definition) is 8. The first-order chi connectivity index (χ1) is 21.9. The number of ether oxygens (including phenoxy) is 2. The van der Waals surface area contributed by atoms with Crippen molar-refractivity contribution in [2.75, 3.05) is 43.2 Å². The molecular weight excluding hydrogens is 570 g/mol. The zero-order valence-corrected chi connectivity index (χ0v) is 26.1. The van der Waals surface area contributed by atoms with E-state index in [1.54, 1.807) is 24.4 Å². The maximum atomic E-state index is 14.1. The highest BCUT2D eigenvalue weighted by Crippen LogP contribution is 2.45. The molecule has 3 heterocycles. The summed E-state index contributed by atoms with van der Waals surface area (Å²) in [5, 5.41) is 17.0. The van der Waals surface area contributed by atoms with E-state index in [1.165, 1.54) is 6.21 Å². The van der Waals surface area contributed by atoms with Gasteiger partial charge in [0, 0.05) is 44.2 Å². The Kier molecular flexibility index (Phi) is 10.7. The molecule has 0 radical (unpaired) electrons. The lowest BCUT2D eigenvalue weighted by Crippen LogP contribution is -2.38. The summed E-state index contributed by atoms with van der Waals surface area (Å²) in [7, 11) is 1.63. The van der Waals surface area contributed by atoms with Gasteiger partial charge in [-0.2, -0.15) is 0 Å². The van der Waals surface area contributed by atoms with Crippen LogP contribution in [0.5, 0.6) is 11.6 Å². The zero-order valence-electron chi connectivity index (χ0n) is 26.1. The van der Waals surface area contributed by atoms with Crippen LogP contribution in [0.2, 0.25) is 0 Å². The van der Waals surface area contributed by atoms with E-state index in [1.807, 2.05) is 55.5 Å². The number of hydrogen-bond donors (Lipinski definition) is 2. The highest BCUT2D eigenvalue weighted by Gasteiger charge is 2.34. The monoisotopic (exact) mass is 613 g/mol. The number of aliphatic carboxylic acids is 1. The molecule has 2 aliphatic rings. The molecule has 1 aliphatic heterocycles. The third-order valence-corrected chi connectivity index (χ3v) is 8.89. The van der Waals surface area contributed by atoms with Crippen LogP contribution >= 0.6 is 0 Å². The molecule has 1 aromatic carbocycles. The van der Waals surface area contributed by atoms with Crippen molar-refractivity contribution in [3.05, 3.63) is 72.1 Å². The zero-order chi connectivity index (χ0) is 31.8. The molecule has 10 nitrogen and oxygen atoms in total. The Balaban J connectivity index is 1.26. The third-order valence-electron chi connectivity index (χ3n) is 8.89. The van der Waals surface area contributed by atoms with E-state index in [0.717, 1.165) is 50.0 Å². The molecule has 2 unspecified atom stereocenters. The Morgan fingerprint density at radius 1 is 1.09 bits per heavy atom.